The first kappa shape index (κ1) is 15.7. The number of nitrogens with two attached hydrogens (primary N) is 1. The van der Waals surface area contributed by atoms with Gasteiger partial charge in [0.25, 0.3) is 0 Å². The quantitative estimate of drug-likeness (QED) is 0.789. The summed E-state index contributed by atoms with van der Waals surface area (Å²) in [5.74, 6) is 0.513. The Hall–Kier alpha value is -1.64. The van der Waals surface area contributed by atoms with Gasteiger partial charge in [0, 0.05) is 17.1 Å². The summed E-state index contributed by atoms with van der Waals surface area (Å²) in [6.45, 7) is 2.18. The Labute approximate surface area is 128 Å². The molecular formula is C13H17N3O3S2. The summed E-state index contributed by atoms with van der Waals surface area (Å²) in [6, 6.07) is 4.46. The molecule has 0 saturated carbocycles. The van der Waals surface area contributed by atoms with Crippen LogP contribution in [0.15, 0.2) is 29.3 Å². The maximum Gasteiger partial charge on any atom is 0.243 e. The summed E-state index contributed by atoms with van der Waals surface area (Å²) in [6.07, 6.45) is 2.64. The van der Waals surface area contributed by atoms with Gasteiger partial charge >= 0.3 is 0 Å². The summed E-state index contributed by atoms with van der Waals surface area (Å²) in [7, 11) is -2.18. The van der Waals surface area contributed by atoms with Crippen LogP contribution >= 0.6 is 11.3 Å². The molecule has 0 spiro atoms. The van der Waals surface area contributed by atoms with Gasteiger partial charge in [-0.05, 0) is 18.6 Å². The first-order chi connectivity index (χ1) is 9.96. The first-order valence-corrected chi connectivity index (χ1v) is 8.63. The second-order valence-corrected chi connectivity index (χ2v) is 7.24. The Kier molecular flexibility index (Phi) is 4.81. The van der Waals surface area contributed by atoms with Gasteiger partial charge in [-0.2, -0.15) is 0 Å². The van der Waals surface area contributed by atoms with Crippen LogP contribution in [0.3, 0.4) is 0 Å². The van der Waals surface area contributed by atoms with Crippen molar-refractivity contribution >= 4 is 27.0 Å². The van der Waals surface area contributed by atoms with Crippen LogP contribution in [0, 0.1) is 0 Å². The Bertz CT molecular complexity index is 726. The highest BCUT2D eigenvalue weighted by molar-refractivity contribution is 7.89. The van der Waals surface area contributed by atoms with Gasteiger partial charge in [-0.1, -0.05) is 6.92 Å². The normalized spacial score (nSPS) is 11.5. The lowest BCUT2D eigenvalue weighted by Crippen LogP contribution is -2.24. The number of benzene rings is 1. The van der Waals surface area contributed by atoms with E-state index in [9.17, 15) is 8.42 Å². The summed E-state index contributed by atoms with van der Waals surface area (Å²) in [4.78, 5) is 5.33. The molecule has 6 nitrogen and oxygen atoms in total. The molecule has 21 heavy (non-hydrogen) atoms. The van der Waals surface area contributed by atoms with Gasteiger partial charge < -0.3 is 10.5 Å². The summed E-state index contributed by atoms with van der Waals surface area (Å²) >= 11 is 1.49. The molecule has 0 saturated heterocycles. The molecule has 2 rings (SSSR count). The monoisotopic (exact) mass is 327 g/mol. The van der Waals surface area contributed by atoms with Crippen molar-refractivity contribution in [3.63, 3.8) is 0 Å². The molecule has 0 fully saturated rings. The molecule has 2 aromatic rings. The summed E-state index contributed by atoms with van der Waals surface area (Å²) in [5, 5.41) is 0.725. The Morgan fingerprint density at radius 2 is 2.19 bits per heavy atom. The molecule has 1 aromatic heterocycles. The second kappa shape index (κ2) is 6.42. The minimum absolute atomic E-state index is 0.0376. The van der Waals surface area contributed by atoms with Crippen molar-refractivity contribution in [3.05, 3.63) is 34.3 Å². The standard InChI is InChI=1S/C13H17N3O3S2/c1-3-10-7-15-13(20-10)8-16-21(17,18)12-5-4-9(19-2)6-11(12)14/h4-7,16H,3,8,14H2,1-2H3. The van der Waals surface area contributed by atoms with E-state index in [1.165, 1.54) is 30.6 Å². The Morgan fingerprint density at radius 1 is 1.43 bits per heavy atom. The van der Waals surface area contributed by atoms with Gasteiger partial charge in [0.1, 0.15) is 15.7 Å². The molecule has 0 atom stereocenters. The SMILES string of the molecule is CCc1cnc(CNS(=O)(=O)c2ccc(OC)cc2N)s1. The number of rotatable bonds is 6. The minimum atomic E-state index is -3.68. The van der Waals surface area contributed by atoms with Gasteiger partial charge in [0.15, 0.2) is 0 Å². The highest BCUT2D eigenvalue weighted by atomic mass is 32.2. The van der Waals surface area contributed by atoms with Crippen LogP contribution in [-0.2, 0) is 23.0 Å². The second-order valence-electron chi connectivity index (χ2n) is 4.30. The van der Waals surface area contributed by atoms with Crippen molar-refractivity contribution < 1.29 is 13.2 Å². The zero-order chi connectivity index (χ0) is 15.5. The van der Waals surface area contributed by atoms with Crippen molar-refractivity contribution in [3.8, 4) is 5.75 Å². The molecule has 0 aliphatic rings. The number of ether oxygens (including phenoxy) is 1. The van der Waals surface area contributed by atoms with Gasteiger partial charge in [-0.15, -0.1) is 11.3 Å². The van der Waals surface area contributed by atoms with Crippen LogP contribution in [0.4, 0.5) is 5.69 Å². The number of hydrogen-bond donors (Lipinski definition) is 2. The number of thiazole rings is 1. The zero-order valence-electron chi connectivity index (χ0n) is 11.8. The number of aryl methyl sites for hydroxylation is 1. The molecule has 1 aromatic carbocycles. The maximum absolute atomic E-state index is 12.2. The van der Waals surface area contributed by atoms with Crippen LogP contribution in [0.5, 0.6) is 5.75 Å². The third kappa shape index (κ3) is 3.72. The third-order valence-corrected chi connectivity index (χ3v) is 5.49. The van der Waals surface area contributed by atoms with Crippen LogP contribution in [0.1, 0.15) is 16.8 Å². The van der Waals surface area contributed by atoms with E-state index in [1.54, 1.807) is 12.3 Å². The van der Waals surface area contributed by atoms with Crippen LogP contribution in [0.25, 0.3) is 0 Å². The number of aromatic nitrogens is 1. The lowest BCUT2D eigenvalue weighted by Gasteiger charge is -2.09. The topological polar surface area (TPSA) is 94.3 Å². The van der Waals surface area contributed by atoms with E-state index in [1.807, 2.05) is 6.92 Å². The molecule has 0 amide bonds. The molecule has 114 valence electrons. The van der Waals surface area contributed by atoms with Crippen LogP contribution in [0.2, 0.25) is 0 Å². The Balaban J connectivity index is 2.14. The highest BCUT2D eigenvalue weighted by Gasteiger charge is 2.18. The van der Waals surface area contributed by atoms with Crippen molar-refractivity contribution in [1.29, 1.82) is 0 Å². The molecule has 0 aliphatic heterocycles. The van der Waals surface area contributed by atoms with Gasteiger partial charge in [-0.3, -0.25) is 0 Å². The predicted molar refractivity (Wildman–Crippen MR) is 82.9 cm³/mol. The summed E-state index contributed by atoms with van der Waals surface area (Å²) in [5.41, 5.74) is 5.91. The number of nitrogen functional groups attached to an aromatic ring is 1. The van der Waals surface area contributed by atoms with Crippen molar-refractivity contribution in [1.82, 2.24) is 9.71 Å². The molecule has 1 heterocycles. The van der Waals surface area contributed by atoms with Gasteiger partial charge in [0.05, 0.1) is 19.3 Å². The molecule has 0 radical (unpaired) electrons. The van der Waals surface area contributed by atoms with E-state index in [2.05, 4.69) is 9.71 Å². The zero-order valence-corrected chi connectivity index (χ0v) is 13.4. The fraction of sp³-hybridized carbons (Fsp3) is 0.308. The smallest absolute Gasteiger partial charge is 0.243 e. The molecule has 3 N–H and O–H groups in total. The lowest BCUT2D eigenvalue weighted by atomic mass is 10.3. The van der Waals surface area contributed by atoms with E-state index in [0.717, 1.165) is 16.3 Å². The fourth-order valence-corrected chi connectivity index (χ4v) is 3.72. The third-order valence-electron chi connectivity index (χ3n) is 2.87. The molecule has 8 heteroatoms. The highest BCUT2D eigenvalue weighted by Crippen LogP contribution is 2.24. The number of anilines is 1. The van der Waals surface area contributed by atoms with Crippen molar-refractivity contribution in [2.45, 2.75) is 24.8 Å². The maximum atomic E-state index is 12.2. The van der Waals surface area contributed by atoms with E-state index in [-0.39, 0.29) is 17.1 Å². The molecule has 0 unspecified atom stereocenters. The lowest BCUT2D eigenvalue weighted by molar-refractivity contribution is 0.414. The fourth-order valence-electron chi connectivity index (χ4n) is 1.73. The van der Waals surface area contributed by atoms with E-state index >= 15 is 0 Å². The van der Waals surface area contributed by atoms with E-state index in [4.69, 9.17) is 10.5 Å². The molecular weight excluding hydrogens is 310 g/mol. The average molecular weight is 327 g/mol. The molecule has 0 aliphatic carbocycles. The van der Waals surface area contributed by atoms with Crippen molar-refractivity contribution in [2.24, 2.45) is 0 Å². The first-order valence-electron chi connectivity index (χ1n) is 6.33. The number of nitrogens with zero attached hydrogens (tertiary/aromatic N) is 1. The van der Waals surface area contributed by atoms with Gasteiger partial charge in [0.2, 0.25) is 10.0 Å². The predicted octanol–water partition coefficient (Wildman–Crippen LogP) is 1.77. The number of hydrogen-bond acceptors (Lipinski definition) is 6. The largest absolute Gasteiger partial charge is 0.497 e. The summed E-state index contributed by atoms with van der Waals surface area (Å²) < 4.78 is 32.0. The Morgan fingerprint density at radius 3 is 2.76 bits per heavy atom. The van der Waals surface area contributed by atoms with Crippen LogP contribution < -0.4 is 15.2 Å². The number of methoxy groups -OCH3 is 1. The van der Waals surface area contributed by atoms with Crippen molar-refractivity contribution in [2.75, 3.05) is 12.8 Å². The number of nitrogens with one attached hydrogen (secondary N) is 1. The average Bonchev–Trinajstić information content (AvgIpc) is 2.93. The van der Waals surface area contributed by atoms with Gasteiger partial charge in [-0.25, -0.2) is 18.1 Å². The number of sulfonamides is 1. The van der Waals surface area contributed by atoms with E-state index < -0.39 is 10.0 Å². The van der Waals surface area contributed by atoms with Crippen LogP contribution in [-0.4, -0.2) is 20.5 Å². The van der Waals surface area contributed by atoms with E-state index in [0.29, 0.717) is 5.75 Å². The minimum Gasteiger partial charge on any atom is -0.497 e. The molecule has 0 bridgehead atoms.